The largest absolute Gasteiger partial charge is 0.356 e. The molecule has 0 unspecified atom stereocenters. The van der Waals surface area contributed by atoms with Gasteiger partial charge in [-0.1, -0.05) is 6.07 Å². The van der Waals surface area contributed by atoms with E-state index in [1.165, 1.54) is 30.8 Å². The number of nitrogens with zero attached hydrogens (tertiary/aromatic N) is 4. The molecule has 1 aliphatic heterocycles. The molecule has 2 N–H and O–H groups in total. The van der Waals surface area contributed by atoms with E-state index in [1.807, 2.05) is 41.5 Å². The number of aryl methyl sites for hydroxylation is 1. The number of piperidine rings is 1. The Morgan fingerprint density at radius 1 is 1.31 bits per heavy atom. The minimum atomic E-state index is 0.734. The topological polar surface area (TPSA) is 57.5 Å². The zero-order valence-electron chi connectivity index (χ0n) is 15.6. The molecule has 0 atom stereocenters. The average Bonchev–Trinajstić information content (AvgIpc) is 3.36. The van der Waals surface area contributed by atoms with Crippen molar-refractivity contribution < 1.29 is 0 Å². The summed E-state index contributed by atoms with van der Waals surface area (Å²) in [6.07, 6.45) is 7.37. The lowest BCUT2D eigenvalue weighted by molar-refractivity contribution is 0.179. The Morgan fingerprint density at radius 3 is 2.88 bits per heavy atom. The van der Waals surface area contributed by atoms with Crippen molar-refractivity contribution in [3.05, 3.63) is 40.8 Å². The smallest absolute Gasteiger partial charge is 0.190 e. The summed E-state index contributed by atoms with van der Waals surface area (Å²) in [5, 5.41) is 13.3. The average molecular weight is 375 g/mol. The van der Waals surface area contributed by atoms with Gasteiger partial charge in [0.1, 0.15) is 0 Å². The third kappa shape index (κ3) is 6.14. The van der Waals surface area contributed by atoms with E-state index in [0.29, 0.717) is 0 Å². The Morgan fingerprint density at radius 2 is 2.19 bits per heavy atom. The Balaban J connectivity index is 1.28. The van der Waals surface area contributed by atoms with Crippen molar-refractivity contribution in [3.8, 4) is 0 Å². The van der Waals surface area contributed by atoms with Gasteiger partial charge in [0.25, 0.3) is 0 Å². The lowest BCUT2D eigenvalue weighted by Crippen LogP contribution is -2.43. The van der Waals surface area contributed by atoms with Crippen LogP contribution in [0.15, 0.2) is 41.0 Å². The summed E-state index contributed by atoms with van der Waals surface area (Å²) in [7, 11) is 1.84. The Hall–Kier alpha value is -1.86. The molecule has 1 aliphatic rings. The Labute approximate surface area is 160 Å². The predicted molar refractivity (Wildman–Crippen MR) is 109 cm³/mol. The summed E-state index contributed by atoms with van der Waals surface area (Å²) < 4.78 is 1.96. The van der Waals surface area contributed by atoms with E-state index in [4.69, 9.17) is 0 Å². The van der Waals surface area contributed by atoms with Gasteiger partial charge in [0, 0.05) is 50.5 Å². The van der Waals surface area contributed by atoms with Gasteiger partial charge in [-0.15, -0.1) is 11.3 Å². The molecule has 7 heteroatoms. The van der Waals surface area contributed by atoms with Gasteiger partial charge in [-0.05, 0) is 55.8 Å². The molecule has 1 saturated heterocycles. The second-order valence-corrected chi connectivity index (χ2v) is 7.83. The van der Waals surface area contributed by atoms with Crippen LogP contribution in [0.5, 0.6) is 0 Å². The first-order valence-electron chi connectivity index (χ1n) is 9.50. The van der Waals surface area contributed by atoms with E-state index in [1.54, 1.807) is 0 Å². The molecular weight excluding hydrogens is 344 g/mol. The summed E-state index contributed by atoms with van der Waals surface area (Å²) in [6, 6.07) is 6.34. The molecule has 0 bridgehead atoms. The first-order valence-corrected chi connectivity index (χ1v) is 10.4. The van der Waals surface area contributed by atoms with E-state index in [-0.39, 0.29) is 0 Å². The Bertz CT molecular complexity index is 629. The summed E-state index contributed by atoms with van der Waals surface area (Å²) >= 11 is 1.86. The summed E-state index contributed by atoms with van der Waals surface area (Å²) in [5.74, 6) is 1.64. The number of aromatic nitrogens is 2. The van der Waals surface area contributed by atoms with E-state index in [0.717, 1.165) is 44.5 Å². The van der Waals surface area contributed by atoms with Crippen molar-refractivity contribution in [2.45, 2.75) is 32.4 Å². The van der Waals surface area contributed by atoms with E-state index >= 15 is 0 Å². The van der Waals surface area contributed by atoms with Crippen molar-refractivity contribution in [3.63, 3.8) is 0 Å². The maximum absolute atomic E-state index is 4.33. The number of guanidine groups is 1. The van der Waals surface area contributed by atoms with Crippen LogP contribution in [0, 0.1) is 5.92 Å². The second kappa shape index (κ2) is 10.3. The third-order valence-corrected chi connectivity index (χ3v) is 5.73. The third-order valence-electron chi connectivity index (χ3n) is 4.86. The number of nitrogens with one attached hydrogen (secondary N) is 2. The second-order valence-electron chi connectivity index (χ2n) is 6.80. The number of aliphatic imine (C=N–C) groups is 1. The molecule has 0 aromatic carbocycles. The van der Waals surface area contributed by atoms with Crippen LogP contribution in [0.4, 0.5) is 0 Å². The van der Waals surface area contributed by atoms with Crippen LogP contribution in [0.25, 0.3) is 0 Å². The number of hydrogen-bond acceptors (Lipinski definition) is 4. The van der Waals surface area contributed by atoms with Gasteiger partial charge in [0.2, 0.25) is 0 Å². The van der Waals surface area contributed by atoms with Crippen molar-refractivity contribution >= 4 is 17.3 Å². The molecule has 1 fully saturated rings. The molecule has 0 radical (unpaired) electrons. The SMILES string of the molecule is CN=C(NCCCn1cccn1)NCC1CCN(Cc2cccs2)CC1. The number of thiophene rings is 1. The van der Waals surface area contributed by atoms with Gasteiger partial charge < -0.3 is 10.6 Å². The minimum Gasteiger partial charge on any atom is -0.356 e. The van der Waals surface area contributed by atoms with Crippen LogP contribution in [0.2, 0.25) is 0 Å². The fraction of sp³-hybridized carbons (Fsp3) is 0.579. The quantitative estimate of drug-likeness (QED) is 0.423. The zero-order chi connectivity index (χ0) is 18.0. The van der Waals surface area contributed by atoms with Gasteiger partial charge in [-0.2, -0.15) is 5.10 Å². The molecule has 26 heavy (non-hydrogen) atoms. The van der Waals surface area contributed by atoms with Crippen LogP contribution in [0.1, 0.15) is 24.1 Å². The van der Waals surface area contributed by atoms with Crippen LogP contribution >= 0.6 is 11.3 Å². The highest BCUT2D eigenvalue weighted by Crippen LogP contribution is 2.20. The first-order chi connectivity index (χ1) is 12.8. The lowest BCUT2D eigenvalue weighted by atomic mass is 9.97. The van der Waals surface area contributed by atoms with E-state index < -0.39 is 0 Å². The Kier molecular flexibility index (Phi) is 7.51. The highest BCUT2D eigenvalue weighted by Gasteiger charge is 2.19. The summed E-state index contributed by atoms with van der Waals surface area (Å²) in [6.45, 7) is 6.34. The fourth-order valence-corrected chi connectivity index (χ4v) is 4.06. The predicted octanol–water partition coefficient (Wildman–Crippen LogP) is 2.41. The van der Waals surface area contributed by atoms with Gasteiger partial charge >= 0.3 is 0 Å². The molecule has 6 nitrogen and oxygen atoms in total. The number of hydrogen-bond donors (Lipinski definition) is 2. The molecule has 0 amide bonds. The van der Waals surface area contributed by atoms with Crippen LogP contribution in [-0.4, -0.2) is 53.9 Å². The molecular formula is C19H30N6S. The van der Waals surface area contributed by atoms with Gasteiger partial charge in [-0.3, -0.25) is 14.6 Å². The van der Waals surface area contributed by atoms with Gasteiger partial charge in [0.15, 0.2) is 5.96 Å². The zero-order valence-corrected chi connectivity index (χ0v) is 16.4. The molecule has 0 spiro atoms. The van der Waals surface area contributed by atoms with Crippen molar-refractivity contribution in [1.82, 2.24) is 25.3 Å². The maximum atomic E-state index is 4.33. The molecule has 0 saturated carbocycles. The van der Waals surface area contributed by atoms with Crippen molar-refractivity contribution in [2.75, 3.05) is 33.2 Å². The maximum Gasteiger partial charge on any atom is 0.190 e. The fourth-order valence-electron chi connectivity index (χ4n) is 3.31. The standard InChI is InChI=1S/C19H30N6S/c1-20-19(21-8-3-10-25-11-4-9-23-25)22-15-17-6-12-24(13-7-17)16-18-5-2-14-26-18/h2,4-5,9,11,14,17H,3,6-8,10,12-13,15-16H2,1H3,(H2,20,21,22). The van der Waals surface area contributed by atoms with Gasteiger partial charge in [0.05, 0.1) is 0 Å². The molecule has 3 heterocycles. The highest BCUT2D eigenvalue weighted by molar-refractivity contribution is 7.09. The van der Waals surface area contributed by atoms with E-state index in [2.05, 4.69) is 43.1 Å². The molecule has 2 aromatic rings. The monoisotopic (exact) mass is 374 g/mol. The van der Waals surface area contributed by atoms with Crippen molar-refractivity contribution in [2.24, 2.45) is 10.9 Å². The van der Waals surface area contributed by atoms with Crippen LogP contribution in [0.3, 0.4) is 0 Å². The van der Waals surface area contributed by atoms with Crippen LogP contribution in [-0.2, 0) is 13.1 Å². The molecule has 142 valence electrons. The number of rotatable bonds is 8. The normalized spacial score (nSPS) is 16.7. The summed E-state index contributed by atoms with van der Waals surface area (Å²) in [5.41, 5.74) is 0. The van der Waals surface area contributed by atoms with Gasteiger partial charge in [-0.25, -0.2) is 0 Å². The van der Waals surface area contributed by atoms with E-state index in [9.17, 15) is 0 Å². The first kappa shape index (κ1) is 18.9. The number of likely N-dealkylation sites (tertiary alicyclic amines) is 1. The van der Waals surface area contributed by atoms with Crippen molar-refractivity contribution in [1.29, 1.82) is 0 Å². The molecule has 3 rings (SSSR count). The van der Waals surface area contributed by atoms with Crippen LogP contribution < -0.4 is 10.6 Å². The molecule has 2 aromatic heterocycles. The molecule has 0 aliphatic carbocycles. The lowest BCUT2D eigenvalue weighted by Gasteiger charge is -2.32. The summed E-state index contributed by atoms with van der Waals surface area (Å²) in [4.78, 5) is 8.38. The minimum absolute atomic E-state index is 0.734. The highest BCUT2D eigenvalue weighted by atomic mass is 32.1.